The molecular weight excluding hydrogens is 449 g/mol. The van der Waals surface area contributed by atoms with Crippen LogP contribution in [0.1, 0.15) is 69.3 Å². The standard InChI is InChI=1S/C26H36FN5O3/c1-16(28-3)25(34)29-24(18-8-5-4-6-9-18)26(35)31-13-7-10-20(31)15-32-22-12-11-19(27)14-21(22)23(30-32)17(2)33/h11-12,14,16,18,20,24,28H,4-10,13,15H2,1-3H3,(H,29,34)/t16-,20-,24-/m0/s1. The Balaban J connectivity index is 1.58. The van der Waals surface area contributed by atoms with Crippen LogP contribution in [0.5, 0.6) is 0 Å². The smallest absolute Gasteiger partial charge is 0.245 e. The highest BCUT2D eigenvalue weighted by molar-refractivity contribution is 6.04. The van der Waals surface area contributed by atoms with Crippen LogP contribution < -0.4 is 10.6 Å². The molecule has 0 radical (unpaired) electrons. The van der Waals surface area contributed by atoms with Crippen molar-refractivity contribution in [2.75, 3.05) is 13.6 Å². The van der Waals surface area contributed by atoms with Crippen LogP contribution in [-0.2, 0) is 16.1 Å². The van der Waals surface area contributed by atoms with E-state index in [1.807, 2.05) is 4.90 Å². The molecule has 2 heterocycles. The second-order valence-electron chi connectivity index (χ2n) is 9.97. The van der Waals surface area contributed by atoms with Crippen LogP contribution in [0.4, 0.5) is 4.39 Å². The van der Waals surface area contributed by atoms with Gasteiger partial charge in [-0.05, 0) is 63.8 Å². The van der Waals surface area contributed by atoms with Crippen molar-refractivity contribution >= 4 is 28.5 Å². The Morgan fingerprint density at radius 3 is 2.57 bits per heavy atom. The molecule has 190 valence electrons. The number of likely N-dealkylation sites (N-methyl/N-ethyl adjacent to an activating group) is 1. The summed E-state index contributed by atoms with van der Waals surface area (Å²) in [6.07, 6.45) is 6.83. The summed E-state index contributed by atoms with van der Waals surface area (Å²) < 4.78 is 15.6. The average Bonchev–Trinajstić information content (AvgIpc) is 3.46. The zero-order valence-electron chi connectivity index (χ0n) is 20.8. The Labute approximate surface area is 205 Å². The van der Waals surface area contributed by atoms with Gasteiger partial charge >= 0.3 is 0 Å². The summed E-state index contributed by atoms with van der Waals surface area (Å²) in [6, 6.07) is 3.29. The van der Waals surface area contributed by atoms with Gasteiger partial charge in [-0.2, -0.15) is 5.10 Å². The third-order valence-corrected chi connectivity index (χ3v) is 7.60. The van der Waals surface area contributed by atoms with E-state index in [4.69, 9.17) is 0 Å². The van der Waals surface area contributed by atoms with Crippen LogP contribution in [0, 0.1) is 11.7 Å². The number of carbonyl (C=O) groups excluding carboxylic acids is 3. The van der Waals surface area contributed by atoms with Crippen LogP contribution in [0.3, 0.4) is 0 Å². The molecule has 4 rings (SSSR count). The number of rotatable bonds is 8. The van der Waals surface area contributed by atoms with Gasteiger partial charge < -0.3 is 15.5 Å². The van der Waals surface area contributed by atoms with Crippen molar-refractivity contribution in [2.45, 2.75) is 83.5 Å². The molecule has 1 saturated heterocycles. The summed E-state index contributed by atoms with van der Waals surface area (Å²) in [5, 5.41) is 11.0. The van der Waals surface area contributed by atoms with E-state index in [1.165, 1.54) is 19.1 Å². The molecule has 9 heteroatoms. The van der Waals surface area contributed by atoms with E-state index in [0.29, 0.717) is 24.0 Å². The largest absolute Gasteiger partial charge is 0.343 e. The number of ketones is 1. The molecule has 0 spiro atoms. The summed E-state index contributed by atoms with van der Waals surface area (Å²) in [5.41, 5.74) is 0.916. The lowest BCUT2D eigenvalue weighted by atomic mass is 9.83. The molecule has 1 aromatic carbocycles. The molecule has 2 fully saturated rings. The number of likely N-dealkylation sites (tertiary alicyclic amines) is 1. The quantitative estimate of drug-likeness (QED) is 0.561. The maximum Gasteiger partial charge on any atom is 0.245 e. The topological polar surface area (TPSA) is 96.3 Å². The SMILES string of the molecule is CN[C@@H](C)C(=O)N[C@H](C(=O)N1CCC[C@H]1Cn1nc(C(C)=O)c2cc(F)ccc21)C1CCCCC1. The van der Waals surface area contributed by atoms with Crippen molar-refractivity contribution in [1.82, 2.24) is 25.3 Å². The monoisotopic (exact) mass is 485 g/mol. The number of benzene rings is 1. The van der Waals surface area contributed by atoms with E-state index >= 15 is 0 Å². The third kappa shape index (κ3) is 5.39. The average molecular weight is 486 g/mol. The fourth-order valence-electron chi connectivity index (χ4n) is 5.50. The molecule has 0 unspecified atom stereocenters. The fourth-order valence-corrected chi connectivity index (χ4v) is 5.50. The number of halogens is 1. The van der Waals surface area contributed by atoms with Gasteiger partial charge in [0.1, 0.15) is 17.6 Å². The van der Waals surface area contributed by atoms with Gasteiger partial charge in [0.15, 0.2) is 5.78 Å². The zero-order chi connectivity index (χ0) is 25.1. The van der Waals surface area contributed by atoms with Crippen molar-refractivity contribution in [3.63, 3.8) is 0 Å². The Hall–Kier alpha value is -2.81. The van der Waals surface area contributed by atoms with Gasteiger partial charge in [0.2, 0.25) is 11.8 Å². The molecule has 3 atom stereocenters. The van der Waals surface area contributed by atoms with E-state index in [1.54, 1.807) is 24.7 Å². The highest BCUT2D eigenvalue weighted by Gasteiger charge is 2.39. The molecule has 2 aliphatic rings. The summed E-state index contributed by atoms with van der Waals surface area (Å²) >= 11 is 0. The second-order valence-corrected chi connectivity index (χ2v) is 9.97. The van der Waals surface area contributed by atoms with Gasteiger partial charge in [0.25, 0.3) is 0 Å². The summed E-state index contributed by atoms with van der Waals surface area (Å²) in [4.78, 5) is 40.6. The second kappa shape index (κ2) is 10.8. The van der Waals surface area contributed by atoms with E-state index in [-0.39, 0.29) is 41.3 Å². The molecule has 1 aliphatic carbocycles. The molecule has 0 bridgehead atoms. The first kappa shape index (κ1) is 25.3. The van der Waals surface area contributed by atoms with E-state index in [0.717, 1.165) is 44.9 Å². The maximum absolute atomic E-state index is 13.9. The number of aromatic nitrogens is 2. The molecule has 2 N–H and O–H groups in total. The molecule has 8 nitrogen and oxygen atoms in total. The Morgan fingerprint density at radius 1 is 1.14 bits per heavy atom. The first-order chi connectivity index (χ1) is 16.8. The Bertz CT molecular complexity index is 1090. The Morgan fingerprint density at radius 2 is 1.89 bits per heavy atom. The molecule has 35 heavy (non-hydrogen) atoms. The van der Waals surface area contributed by atoms with E-state index < -0.39 is 11.9 Å². The van der Waals surface area contributed by atoms with Gasteiger partial charge in [-0.3, -0.25) is 19.1 Å². The summed E-state index contributed by atoms with van der Waals surface area (Å²) in [5.74, 6) is -0.719. The number of nitrogens with one attached hydrogen (secondary N) is 2. The lowest BCUT2D eigenvalue weighted by Gasteiger charge is -2.35. The molecule has 2 amide bonds. The van der Waals surface area contributed by atoms with Crippen LogP contribution in [0.15, 0.2) is 18.2 Å². The lowest BCUT2D eigenvalue weighted by molar-refractivity contribution is -0.139. The van der Waals surface area contributed by atoms with Crippen molar-refractivity contribution < 1.29 is 18.8 Å². The van der Waals surface area contributed by atoms with Crippen molar-refractivity contribution in [3.05, 3.63) is 29.7 Å². The van der Waals surface area contributed by atoms with Crippen LogP contribution >= 0.6 is 0 Å². The van der Waals surface area contributed by atoms with Gasteiger partial charge in [0, 0.05) is 18.9 Å². The molecule has 1 aromatic heterocycles. The Kier molecular flexibility index (Phi) is 7.84. The van der Waals surface area contributed by atoms with Gasteiger partial charge in [-0.15, -0.1) is 0 Å². The number of Topliss-reactive ketones (excluding diaryl/α,β-unsaturated/α-hetero) is 1. The number of amides is 2. The first-order valence-electron chi connectivity index (χ1n) is 12.7. The fraction of sp³-hybridized carbons (Fsp3) is 0.615. The van der Waals surface area contributed by atoms with Crippen molar-refractivity contribution in [2.24, 2.45) is 5.92 Å². The van der Waals surface area contributed by atoms with Crippen LogP contribution in [-0.4, -0.2) is 64.0 Å². The lowest BCUT2D eigenvalue weighted by Crippen LogP contribution is -2.56. The predicted octanol–water partition coefficient (Wildman–Crippen LogP) is 3.04. The summed E-state index contributed by atoms with van der Waals surface area (Å²) in [7, 11) is 1.73. The third-order valence-electron chi connectivity index (χ3n) is 7.60. The van der Waals surface area contributed by atoms with Crippen molar-refractivity contribution in [1.29, 1.82) is 0 Å². The zero-order valence-corrected chi connectivity index (χ0v) is 20.8. The minimum atomic E-state index is -0.546. The normalized spacial score (nSPS) is 20.7. The highest BCUT2D eigenvalue weighted by Crippen LogP contribution is 2.30. The minimum absolute atomic E-state index is 0.0367. The van der Waals surface area contributed by atoms with E-state index in [2.05, 4.69) is 15.7 Å². The highest BCUT2D eigenvalue weighted by atomic mass is 19.1. The van der Waals surface area contributed by atoms with Crippen LogP contribution in [0.25, 0.3) is 10.9 Å². The number of carbonyl (C=O) groups is 3. The number of hydrogen-bond donors (Lipinski definition) is 2. The first-order valence-corrected chi connectivity index (χ1v) is 12.7. The number of hydrogen-bond acceptors (Lipinski definition) is 5. The van der Waals surface area contributed by atoms with E-state index in [9.17, 15) is 18.8 Å². The minimum Gasteiger partial charge on any atom is -0.343 e. The van der Waals surface area contributed by atoms with Gasteiger partial charge in [-0.25, -0.2) is 4.39 Å². The van der Waals surface area contributed by atoms with Gasteiger partial charge in [-0.1, -0.05) is 19.3 Å². The molecule has 1 aliphatic heterocycles. The summed E-state index contributed by atoms with van der Waals surface area (Å²) in [6.45, 7) is 4.25. The molecule has 2 aromatic rings. The number of nitrogens with zero attached hydrogens (tertiary/aromatic N) is 3. The number of fused-ring (bicyclic) bond motifs is 1. The predicted molar refractivity (Wildman–Crippen MR) is 131 cm³/mol. The van der Waals surface area contributed by atoms with Gasteiger partial charge in [0.05, 0.1) is 24.1 Å². The maximum atomic E-state index is 13.9. The van der Waals surface area contributed by atoms with Crippen LogP contribution in [0.2, 0.25) is 0 Å². The molecular formula is C26H36FN5O3. The molecule has 1 saturated carbocycles. The van der Waals surface area contributed by atoms with Crippen molar-refractivity contribution in [3.8, 4) is 0 Å².